The molecule has 0 spiro atoms. The van der Waals surface area contributed by atoms with Gasteiger partial charge in [-0.15, -0.1) is 10.2 Å². The molecule has 260 valence electrons. The van der Waals surface area contributed by atoms with Crippen molar-refractivity contribution in [2.75, 3.05) is 17.2 Å². The molecule has 19 nitrogen and oxygen atoms in total. The van der Waals surface area contributed by atoms with Gasteiger partial charge in [-0.05, 0) is 73.0 Å². The van der Waals surface area contributed by atoms with E-state index >= 15 is 0 Å². The van der Waals surface area contributed by atoms with Crippen molar-refractivity contribution in [2.24, 2.45) is 20.5 Å². The summed E-state index contributed by atoms with van der Waals surface area (Å²) in [5.41, 5.74) is 0.753. The van der Waals surface area contributed by atoms with Crippen molar-refractivity contribution in [3.8, 4) is 23.7 Å². The molecule has 5 rings (SSSR count). The molecule has 0 aliphatic heterocycles. The average Bonchev–Trinajstić information content (AvgIpc) is 3.06. The maximum atomic E-state index is 13.0. The van der Waals surface area contributed by atoms with Gasteiger partial charge in [0.05, 0.1) is 22.9 Å². The molecule has 21 heteroatoms. The number of anilines is 2. The van der Waals surface area contributed by atoms with Crippen LogP contribution in [0.15, 0.2) is 103 Å². The highest BCUT2D eigenvalue weighted by molar-refractivity contribution is 7.86. The summed E-state index contributed by atoms with van der Waals surface area (Å²) < 4.78 is 72.0. The zero-order valence-electron chi connectivity index (χ0n) is 25.8. The standard InChI is InChI=1S/C30H23N9O10S2/c1-2-49-24-13-19(33-27(40)16-3-6-18(7-4-16)36-39-26-28(41)34-30(32-15-31)35-29(26)42)9-10-23(24)38-37-20-8-5-17-11-21(50(43,44)45)14-25(22(17)12-20)51(46,47)48/h3-14H,2H2,1H3,(H,33,40)(H,43,44,45)(H,46,47,48)(H3,32,34,35,41,42). The Morgan fingerprint density at radius 1 is 0.843 bits per heavy atom. The molecule has 0 fully saturated rings. The van der Waals surface area contributed by atoms with Crippen molar-refractivity contribution >= 4 is 71.3 Å². The molecular formula is C30H23N9O10S2. The van der Waals surface area contributed by atoms with Gasteiger partial charge in [0.2, 0.25) is 23.4 Å². The zero-order chi connectivity index (χ0) is 36.9. The van der Waals surface area contributed by atoms with Crippen LogP contribution in [0.1, 0.15) is 17.3 Å². The second-order valence-electron chi connectivity index (χ2n) is 10.1. The van der Waals surface area contributed by atoms with Crippen LogP contribution in [0.25, 0.3) is 10.8 Å². The monoisotopic (exact) mass is 733 g/mol. The van der Waals surface area contributed by atoms with Crippen LogP contribution in [-0.2, 0) is 20.2 Å². The summed E-state index contributed by atoms with van der Waals surface area (Å²) in [4.78, 5) is 18.6. The van der Waals surface area contributed by atoms with Gasteiger partial charge in [0, 0.05) is 22.7 Å². The number of carbonyl (C=O) groups excluding carboxylic acids is 1. The number of carbonyl (C=O) groups is 1. The second-order valence-corrected chi connectivity index (χ2v) is 12.9. The van der Waals surface area contributed by atoms with E-state index in [1.54, 1.807) is 13.1 Å². The molecule has 6 N–H and O–H groups in total. The van der Waals surface area contributed by atoms with Gasteiger partial charge < -0.3 is 20.3 Å². The van der Waals surface area contributed by atoms with Crippen molar-refractivity contribution in [3.63, 3.8) is 0 Å². The Morgan fingerprint density at radius 3 is 2.14 bits per heavy atom. The normalized spacial score (nSPS) is 11.9. The van der Waals surface area contributed by atoms with E-state index in [4.69, 9.17) is 10.00 Å². The third kappa shape index (κ3) is 8.53. The maximum Gasteiger partial charge on any atom is 0.295 e. The molecule has 0 aliphatic carbocycles. The fourth-order valence-corrected chi connectivity index (χ4v) is 5.73. The lowest BCUT2D eigenvalue weighted by molar-refractivity contribution is 0.102. The van der Waals surface area contributed by atoms with Crippen molar-refractivity contribution in [2.45, 2.75) is 16.7 Å². The quantitative estimate of drug-likeness (QED) is 0.0398. The minimum absolute atomic E-state index is 0.0749. The summed E-state index contributed by atoms with van der Waals surface area (Å²) in [5.74, 6) is -2.04. The van der Waals surface area contributed by atoms with Crippen molar-refractivity contribution in [3.05, 3.63) is 78.4 Å². The number of rotatable bonds is 11. The van der Waals surface area contributed by atoms with E-state index in [1.165, 1.54) is 60.7 Å². The predicted molar refractivity (Wildman–Crippen MR) is 179 cm³/mol. The van der Waals surface area contributed by atoms with Crippen LogP contribution >= 0.6 is 0 Å². The third-order valence-electron chi connectivity index (χ3n) is 6.65. The summed E-state index contributed by atoms with van der Waals surface area (Å²) >= 11 is 0. The van der Waals surface area contributed by atoms with E-state index in [9.17, 15) is 40.9 Å². The van der Waals surface area contributed by atoms with Crippen LogP contribution < -0.4 is 15.4 Å². The first-order valence-corrected chi connectivity index (χ1v) is 17.0. The molecule has 1 amide bonds. The number of fused-ring (bicyclic) bond motifs is 1. The van der Waals surface area contributed by atoms with Gasteiger partial charge in [-0.1, -0.05) is 6.07 Å². The molecule has 51 heavy (non-hydrogen) atoms. The number of ether oxygens (including phenoxy) is 1. The lowest BCUT2D eigenvalue weighted by Crippen LogP contribution is -2.11. The first-order chi connectivity index (χ1) is 24.2. The van der Waals surface area contributed by atoms with Gasteiger partial charge in [0.25, 0.3) is 26.1 Å². The lowest BCUT2D eigenvalue weighted by Gasteiger charge is -2.10. The van der Waals surface area contributed by atoms with Gasteiger partial charge >= 0.3 is 0 Å². The molecule has 0 bridgehead atoms. The highest BCUT2D eigenvalue weighted by Crippen LogP contribution is 2.36. The first kappa shape index (κ1) is 35.7. The molecule has 1 aromatic heterocycles. The van der Waals surface area contributed by atoms with Crippen LogP contribution in [0, 0.1) is 11.5 Å². The Kier molecular flexibility index (Phi) is 10.1. The second kappa shape index (κ2) is 14.5. The van der Waals surface area contributed by atoms with E-state index < -0.39 is 53.4 Å². The molecular weight excluding hydrogens is 711 g/mol. The fraction of sp³-hybridized carbons (Fsp3) is 0.0667. The Labute approximate surface area is 288 Å². The number of amides is 1. The number of nitrogens with one attached hydrogen (secondary N) is 2. The maximum absolute atomic E-state index is 13.0. The molecule has 5 aromatic rings. The van der Waals surface area contributed by atoms with Crippen LogP contribution in [0.5, 0.6) is 17.5 Å². The SMILES string of the molecule is CCOc1cc(NC(=O)c2ccc(N=Nc3c(O)nc(NC#N)nc3O)cc2)ccc1N=Nc1ccc2cc(S(=O)(=O)O)cc(S(=O)(=O)O)c2c1. The van der Waals surface area contributed by atoms with Crippen LogP contribution in [-0.4, -0.2) is 58.6 Å². The smallest absolute Gasteiger partial charge is 0.295 e. The van der Waals surface area contributed by atoms with Crippen molar-refractivity contribution < 1.29 is 45.7 Å². The summed E-state index contributed by atoms with van der Waals surface area (Å²) in [5, 5.41) is 49.2. The number of hydrogen-bond donors (Lipinski definition) is 6. The lowest BCUT2D eigenvalue weighted by atomic mass is 10.1. The van der Waals surface area contributed by atoms with E-state index in [2.05, 4.69) is 41.1 Å². The molecule has 0 saturated carbocycles. The average molecular weight is 734 g/mol. The van der Waals surface area contributed by atoms with Crippen LogP contribution in [0.3, 0.4) is 0 Å². The van der Waals surface area contributed by atoms with E-state index in [1.807, 2.05) is 0 Å². The first-order valence-electron chi connectivity index (χ1n) is 14.2. The number of benzene rings is 4. The number of nitriles is 1. The Hall–Kier alpha value is -6.60. The van der Waals surface area contributed by atoms with Crippen LogP contribution in [0.4, 0.5) is 34.4 Å². The van der Waals surface area contributed by atoms with Crippen molar-refractivity contribution in [1.82, 2.24) is 9.97 Å². The predicted octanol–water partition coefficient (Wildman–Crippen LogP) is 5.91. The van der Waals surface area contributed by atoms with Gasteiger partial charge in [-0.3, -0.25) is 19.2 Å². The Bertz CT molecular complexity index is 2480. The molecule has 0 atom stereocenters. The van der Waals surface area contributed by atoms with Crippen molar-refractivity contribution in [1.29, 1.82) is 5.26 Å². The molecule has 4 aromatic carbocycles. The largest absolute Gasteiger partial charge is 0.491 e. The minimum Gasteiger partial charge on any atom is -0.491 e. The zero-order valence-corrected chi connectivity index (χ0v) is 27.5. The number of hydrogen-bond acceptors (Lipinski definition) is 16. The highest BCUT2D eigenvalue weighted by atomic mass is 32.2. The Morgan fingerprint density at radius 2 is 1.51 bits per heavy atom. The van der Waals surface area contributed by atoms with E-state index in [-0.39, 0.29) is 51.7 Å². The molecule has 0 aliphatic rings. The summed E-state index contributed by atoms with van der Waals surface area (Å²) in [6.07, 6.45) is 1.54. The van der Waals surface area contributed by atoms with Gasteiger partial charge in [-0.25, -0.2) is 0 Å². The summed E-state index contributed by atoms with van der Waals surface area (Å²) in [6.45, 7) is 1.95. The van der Waals surface area contributed by atoms with E-state index in [0.717, 1.165) is 6.07 Å². The fourth-order valence-electron chi connectivity index (χ4n) is 4.38. The van der Waals surface area contributed by atoms with Gasteiger partial charge in [0.1, 0.15) is 16.3 Å². The number of azo groups is 2. The molecule has 0 unspecified atom stereocenters. The Balaban J connectivity index is 1.33. The summed E-state index contributed by atoms with van der Waals surface area (Å²) in [7, 11) is -9.69. The highest BCUT2D eigenvalue weighted by Gasteiger charge is 2.21. The number of nitrogens with zero attached hydrogens (tertiary/aromatic N) is 7. The van der Waals surface area contributed by atoms with E-state index in [0.29, 0.717) is 11.8 Å². The van der Waals surface area contributed by atoms with Crippen LogP contribution in [0.2, 0.25) is 0 Å². The van der Waals surface area contributed by atoms with Gasteiger partial charge in [0.15, 0.2) is 6.19 Å². The minimum atomic E-state index is -4.91. The number of aromatic nitrogens is 2. The third-order valence-corrected chi connectivity index (χ3v) is 8.37. The van der Waals surface area contributed by atoms with Gasteiger partial charge in [-0.2, -0.15) is 42.3 Å². The molecule has 1 heterocycles. The molecule has 0 radical (unpaired) electrons. The topological polar surface area (TPSA) is 299 Å². The summed E-state index contributed by atoms with van der Waals surface area (Å²) in [6, 6.07) is 16.0. The molecule has 0 saturated heterocycles. The number of aromatic hydroxyl groups is 2.